The number of nitro benzene ring substituents is 1. The molecular formula is C15H14N2O4. The number of carbonyl (C=O) groups is 1. The molecule has 2 rings (SSSR count). The van der Waals surface area contributed by atoms with E-state index in [1.807, 2.05) is 30.3 Å². The van der Waals surface area contributed by atoms with Crippen molar-refractivity contribution in [2.24, 2.45) is 0 Å². The van der Waals surface area contributed by atoms with E-state index < -0.39 is 10.9 Å². The van der Waals surface area contributed by atoms with Gasteiger partial charge < -0.3 is 10.0 Å². The molecule has 6 nitrogen and oxygen atoms in total. The predicted molar refractivity (Wildman–Crippen MR) is 78.6 cm³/mol. The van der Waals surface area contributed by atoms with Crippen molar-refractivity contribution < 1.29 is 14.8 Å². The molecule has 0 aliphatic heterocycles. The fourth-order valence-corrected chi connectivity index (χ4v) is 2.15. The molecular weight excluding hydrogens is 272 g/mol. The second kappa shape index (κ2) is 6.04. The highest BCUT2D eigenvalue weighted by Gasteiger charge is 2.25. The summed E-state index contributed by atoms with van der Waals surface area (Å²) < 4.78 is 0. The normalized spacial score (nSPS) is 10.1. The Labute approximate surface area is 121 Å². The van der Waals surface area contributed by atoms with Gasteiger partial charge >= 0.3 is 11.7 Å². The number of aromatic carboxylic acids is 1. The summed E-state index contributed by atoms with van der Waals surface area (Å²) in [5.74, 6) is -1.31. The molecule has 0 saturated heterocycles. The molecule has 1 N–H and O–H groups in total. The maximum absolute atomic E-state index is 11.2. The first-order valence-electron chi connectivity index (χ1n) is 6.26. The summed E-state index contributed by atoms with van der Waals surface area (Å²) in [5, 5.41) is 20.3. The molecule has 0 amide bonds. The van der Waals surface area contributed by atoms with E-state index in [-0.39, 0.29) is 16.9 Å². The number of hydrogen-bond donors (Lipinski definition) is 1. The lowest BCUT2D eigenvalue weighted by atomic mass is 10.1. The minimum Gasteiger partial charge on any atom is -0.477 e. The van der Waals surface area contributed by atoms with Crippen LogP contribution in [0.3, 0.4) is 0 Å². The summed E-state index contributed by atoms with van der Waals surface area (Å²) >= 11 is 0. The van der Waals surface area contributed by atoms with Gasteiger partial charge in [-0.05, 0) is 17.7 Å². The second-order valence-corrected chi connectivity index (χ2v) is 4.58. The first-order valence-corrected chi connectivity index (χ1v) is 6.26. The average Bonchev–Trinajstić information content (AvgIpc) is 2.47. The number of para-hydroxylation sites is 1. The van der Waals surface area contributed by atoms with Crippen LogP contribution in [0.5, 0.6) is 0 Å². The van der Waals surface area contributed by atoms with Crippen LogP contribution >= 0.6 is 0 Å². The topological polar surface area (TPSA) is 83.7 Å². The minimum atomic E-state index is -1.31. The summed E-state index contributed by atoms with van der Waals surface area (Å²) in [4.78, 5) is 23.4. The smallest absolute Gasteiger partial charge is 0.342 e. The Balaban J connectivity index is 2.41. The van der Waals surface area contributed by atoms with Gasteiger partial charge in [-0.2, -0.15) is 0 Å². The van der Waals surface area contributed by atoms with Crippen molar-refractivity contribution in [2.45, 2.75) is 6.54 Å². The fraction of sp³-hybridized carbons (Fsp3) is 0.133. The van der Waals surface area contributed by atoms with E-state index in [4.69, 9.17) is 5.11 Å². The third-order valence-electron chi connectivity index (χ3n) is 3.10. The van der Waals surface area contributed by atoms with Crippen LogP contribution in [-0.2, 0) is 6.54 Å². The maximum atomic E-state index is 11.2. The van der Waals surface area contributed by atoms with Crippen LogP contribution in [0.25, 0.3) is 0 Å². The SMILES string of the molecule is CN(Cc1ccccc1)c1cccc(C(=O)O)c1[N+](=O)[O-]. The molecule has 0 aromatic heterocycles. The van der Waals surface area contributed by atoms with Crippen molar-refractivity contribution in [2.75, 3.05) is 11.9 Å². The van der Waals surface area contributed by atoms with E-state index in [0.717, 1.165) is 5.56 Å². The van der Waals surface area contributed by atoms with Gasteiger partial charge in [-0.3, -0.25) is 10.1 Å². The molecule has 0 atom stereocenters. The monoisotopic (exact) mass is 286 g/mol. The van der Waals surface area contributed by atoms with Crippen molar-refractivity contribution in [3.8, 4) is 0 Å². The van der Waals surface area contributed by atoms with Gasteiger partial charge in [-0.15, -0.1) is 0 Å². The number of hydrogen-bond acceptors (Lipinski definition) is 4. The van der Waals surface area contributed by atoms with Crippen LogP contribution < -0.4 is 4.90 Å². The molecule has 2 aromatic rings. The molecule has 108 valence electrons. The van der Waals surface area contributed by atoms with Gasteiger partial charge in [0.05, 0.1) is 4.92 Å². The van der Waals surface area contributed by atoms with Crippen LogP contribution in [-0.4, -0.2) is 23.0 Å². The zero-order valence-corrected chi connectivity index (χ0v) is 11.4. The van der Waals surface area contributed by atoms with Gasteiger partial charge in [-0.25, -0.2) is 4.79 Å². The molecule has 2 aromatic carbocycles. The number of nitro groups is 1. The predicted octanol–water partition coefficient (Wildman–Crippen LogP) is 2.93. The van der Waals surface area contributed by atoms with E-state index in [9.17, 15) is 14.9 Å². The number of anilines is 1. The van der Waals surface area contributed by atoms with E-state index in [1.165, 1.54) is 12.1 Å². The Morgan fingerprint density at radius 1 is 1.19 bits per heavy atom. The van der Waals surface area contributed by atoms with Gasteiger partial charge in [-0.1, -0.05) is 36.4 Å². The van der Waals surface area contributed by atoms with Crippen molar-refractivity contribution in [3.05, 3.63) is 69.8 Å². The minimum absolute atomic E-state index is 0.281. The van der Waals surface area contributed by atoms with Crippen LogP contribution in [0.4, 0.5) is 11.4 Å². The average molecular weight is 286 g/mol. The van der Waals surface area contributed by atoms with E-state index in [1.54, 1.807) is 18.0 Å². The summed E-state index contributed by atoms with van der Waals surface area (Å²) in [6.45, 7) is 0.449. The molecule has 6 heteroatoms. The highest BCUT2D eigenvalue weighted by Crippen LogP contribution is 2.31. The fourth-order valence-electron chi connectivity index (χ4n) is 2.15. The molecule has 0 bridgehead atoms. The van der Waals surface area contributed by atoms with Crippen molar-refractivity contribution >= 4 is 17.3 Å². The van der Waals surface area contributed by atoms with Gasteiger partial charge in [0.15, 0.2) is 0 Å². The van der Waals surface area contributed by atoms with Crippen molar-refractivity contribution in [1.29, 1.82) is 0 Å². The first-order chi connectivity index (χ1) is 10.0. The third kappa shape index (κ3) is 3.17. The Kier molecular flexibility index (Phi) is 4.18. The Hall–Kier alpha value is -2.89. The molecule has 0 fully saturated rings. The van der Waals surface area contributed by atoms with Crippen LogP contribution in [0.1, 0.15) is 15.9 Å². The highest BCUT2D eigenvalue weighted by molar-refractivity contribution is 5.95. The number of carboxylic acids is 1. The molecule has 0 unspecified atom stereocenters. The van der Waals surface area contributed by atoms with Crippen molar-refractivity contribution in [3.63, 3.8) is 0 Å². The molecule has 0 aliphatic carbocycles. The van der Waals surface area contributed by atoms with Gasteiger partial charge in [0.25, 0.3) is 0 Å². The second-order valence-electron chi connectivity index (χ2n) is 4.58. The summed E-state index contributed by atoms with van der Waals surface area (Å²) in [6, 6.07) is 13.8. The first kappa shape index (κ1) is 14.5. The van der Waals surface area contributed by atoms with Crippen LogP contribution in [0.2, 0.25) is 0 Å². The molecule has 0 heterocycles. The lowest BCUT2D eigenvalue weighted by Gasteiger charge is -2.19. The number of nitrogens with zero attached hydrogens (tertiary/aromatic N) is 2. The van der Waals surface area contributed by atoms with Crippen LogP contribution in [0, 0.1) is 10.1 Å². The van der Waals surface area contributed by atoms with E-state index in [0.29, 0.717) is 6.54 Å². The van der Waals surface area contributed by atoms with Gasteiger partial charge in [0, 0.05) is 13.6 Å². The Bertz CT molecular complexity index is 671. The zero-order chi connectivity index (χ0) is 15.4. The van der Waals surface area contributed by atoms with E-state index >= 15 is 0 Å². The van der Waals surface area contributed by atoms with Gasteiger partial charge in [0.2, 0.25) is 0 Å². The van der Waals surface area contributed by atoms with Crippen LogP contribution in [0.15, 0.2) is 48.5 Å². The molecule has 0 saturated carbocycles. The third-order valence-corrected chi connectivity index (χ3v) is 3.10. The van der Waals surface area contributed by atoms with E-state index in [2.05, 4.69) is 0 Å². The summed E-state index contributed by atoms with van der Waals surface area (Å²) in [5.41, 5.74) is 0.569. The Morgan fingerprint density at radius 3 is 2.43 bits per heavy atom. The lowest BCUT2D eigenvalue weighted by molar-refractivity contribution is -0.384. The Morgan fingerprint density at radius 2 is 1.86 bits per heavy atom. The maximum Gasteiger partial charge on any atom is 0.342 e. The standard InChI is InChI=1S/C15H14N2O4/c1-16(10-11-6-3-2-4-7-11)13-9-5-8-12(15(18)19)14(13)17(20)21/h2-9H,10H2,1H3,(H,18,19). The molecule has 0 radical (unpaired) electrons. The molecule has 0 spiro atoms. The highest BCUT2D eigenvalue weighted by atomic mass is 16.6. The van der Waals surface area contributed by atoms with Gasteiger partial charge in [0.1, 0.15) is 11.3 Å². The summed E-state index contributed by atoms with van der Waals surface area (Å²) in [7, 11) is 1.70. The quantitative estimate of drug-likeness (QED) is 0.675. The number of carboxylic acid groups (broad SMARTS) is 1. The lowest BCUT2D eigenvalue weighted by Crippen LogP contribution is -2.19. The molecule has 0 aliphatic rings. The number of benzene rings is 2. The largest absolute Gasteiger partial charge is 0.477 e. The summed E-state index contributed by atoms with van der Waals surface area (Å²) in [6.07, 6.45) is 0. The molecule has 21 heavy (non-hydrogen) atoms. The van der Waals surface area contributed by atoms with Crippen molar-refractivity contribution in [1.82, 2.24) is 0 Å². The zero-order valence-electron chi connectivity index (χ0n) is 11.4. The number of rotatable bonds is 5.